The van der Waals surface area contributed by atoms with Crippen LogP contribution in [0.5, 0.6) is 0 Å². The van der Waals surface area contributed by atoms with E-state index in [4.69, 9.17) is 4.99 Å². The van der Waals surface area contributed by atoms with Crippen molar-refractivity contribution in [1.29, 1.82) is 0 Å². The second-order valence-electron chi connectivity index (χ2n) is 14.0. The predicted molar refractivity (Wildman–Crippen MR) is 165 cm³/mol. The van der Waals surface area contributed by atoms with E-state index in [0.717, 1.165) is 69.1 Å². The fourth-order valence-electron chi connectivity index (χ4n) is 6.89. The van der Waals surface area contributed by atoms with Crippen molar-refractivity contribution in [3.63, 3.8) is 0 Å². The van der Waals surface area contributed by atoms with Gasteiger partial charge in [-0.2, -0.15) is 0 Å². The Kier molecular flexibility index (Phi) is 11.4. The SMILES string of the molecule is CCCC[C@H](C1=CC=C(C(=O)NCCCC(=O)OC)[C@H](C)C1)N1C(=O)C(CC(C)C)=NC12CCC(C(C)(C)C)CC2. The zero-order valence-electron chi connectivity index (χ0n) is 27.0. The number of carbonyl (C=O) groups is 3. The number of ether oxygens (including phenoxy) is 1. The van der Waals surface area contributed by atoms with Gasteiger partial charge in [0.05, 0.1) is 13.2 Å². The Morgan fingerprint density at radius 1 is 1.17 bits per heavy atom. The number of hydrogen-bond donors (Lipinski definition) is 1. The van der Waals surface area contributed by atoms with Crippen LogP contribution in [0, 0.1) is 23.2 Å². The first-order valence-corrected chi connectivity index (χ1v) is 16.0. The summed E-state index contributed by atoms with van der Waals surface area (Å²) in [6, 6.07) is -0.00887. The van der Waals surface area contributed by atoms with Gasteiger partial charge in [0.15, 0.2) is 0 Å². The molecule has 0 saturated heterocycles. The Labute approximate surface area is 248 Å². The molecule has 7 nitrogen and oxygen atoms in total. The average molecular weight is 570 g/mol. The van der Waals surface area contributed by atoms with Crippen LogP contribution in [0.3, 0.4) is 0 Å². The molecule has 0 bridgehead atoms. The highest BCUT2D eigenvalue weighted by atomic mass is 16.5. The summed E-state index contributed by atoms with van der Waals surface area (Å²) in [4.78, 5) is 46.0. The third kappa shape index (κ3) is 8.10. The van der Waals surface area contributed by atoms with Gasteiger partial charge in [0.25, 0.3) is 5.91 Å². The lowest BCUT2D eigenvalue weighted by molar-refractivity contribution is -0.140. The topological polar surface area (TPSA) is 88.1 Å². The van der Waals surface area contributed by atoms with Crippen LogP contribution in [-0.4, -0.2) is 53.8 Å². The summed E-state index contributed by atoms with van der Waals surface area (Å²) in [5.41, 5.74) is 2.55. The quantitative estimate of drug-likeness (QED) is 0.208. The number of carbonyl (C=O) groups excluding carboxylic acids is 3. The Bertz CT molecular complexity index is 1040. The largest absolute Gasteiger partial charge is 0.469 e. The number of hydrogen-bond acceptors (Lipinski definition) is 5. The number of allylic oxidation sites excluding steroid dienone is 2. The molecule has 1 N–H and O–H groups in total. The number of amides is 2. The molecule has 2 atom stereocenters. The molecule has 1 aliphatic heterocycles. The molecule has 3 rings (SSSR count). The molecule has 0 unspecified atom stereocenters. The molecule has 1 fully saturated rings. The lowest BCUT2D eigenvalue weighted by Crippen LogP contribution is -2.55. The van der Waals surface area contributed by atoms with Crippen LogP contribution in [0.1, 0.15) is 119 Å². The lowest BCUT2D eigenvalue weighted by Gasteiger charge is -2.48. The monoisotopic (exact) mass is 569 g/mol. The van der Waals surface area contributed by atoms with E-state index in [1.807, 2.05) is 6.08 Å². The van der Waals surface area contributed by atoms with E-state index in [-0.39, 0.29) is 41.6 Å². The fourth-order valence-corrected chi connectivity index (χ4v) is 6.89. The molecule has 1 spiro atoms. The molecule has 1 saturated carbocycles. The number of aliphatic imine (C=N–C) groups is 1. The molecule has 0 aromatic carbocycles. The summed E-state index contributed by atoms with van der Waals surface area (Å²) >= 11 is 0. The molecule has 41 heavy (non-hydrogen) atoms. The van der Waals surface area contributed by atoms with Gasteiger partial charge in [-0.3, -0.25) is 19.4 Å². The average Bonchev–Trinajstić information content (AvgIpc) is 3.15. The van der Waals surface area contributed by atoms with Crippen LogP contribution in [-0.2, 0) is 19.1 Å². The van der Waals surface area contributed by atoms with E-state index in [1.165, 1.54) is 12.7 Å². The van der Waals surface area contributed by atoms with E-state index >= 15 is 0 Å². The van der Waals surface area contributed by atoms with Crippen LogP contribution in [0.4, 0.5) is 0 Å². The zero-order chi connectivity index (χ0) is 30.4. The predicted octanol–water partition coefficient (Wildman–Crippen LogP) is 6.77. The number of unbranched alkanes of at least 4 members (excludes halogenated alkanes) is 1. The van der Waals surface area contributed by atoms with Crippen LogP contribution in [0.25, 0.3) is 0 Å². The Morgan fingerprint density at radius 3 is 2.41 bits per heavy atom. The zero-order valence-corrected chi connectivity index (χ0v) is 27.0. The second-order valence-corrected chi connectivity index (χ2v) is 14.0. The van der Waals surface area contributed by atoms with Crippen molar-refractivity contribution < 1.29 is 19.1 Å². The van der Waals surface area contributed by atoms with E-state index in [9.17, 15) is 14.4 Å². The Balaban J connectivity index is 1.87. The van der Waals surface area contributed by atoms with Crippen LogP contribution in [0.15, 0.2) is 28.3 Å². The summed E-state index contributed by atoms with van der Waals surface area (Å²) < 4.78 is 4.68. The highest BCUT2D eigenvalue weighted by Crippen LogP contribution is 2.49. The highest BCUT2D eigenvalue weighted by molar-refractivity contribution is 6.40. The van der Waals surface area contributed by atoms with Gasteiger partial charge in [-0.15, -0.1) is 0 Å². The molecule has 230 valence electrons. The summed E-state index contributed by atoms with van der Waals surface area (Å²) in [5, 5.41) is 2.96. The first-order chi connectivity index (χ1) is 19.3. The van der Waals surface area contributed by atoms with E-state index < -0.39 is 5.66 Å². The minimum absolute atomic E-state index is 0.00887. The number of nitrogens with one attached hydrogen (secondary N) is 1. The van der Waals surface area contributed by atoms with Crippen molar-refractivity contribution in [2.75, 3.05) is 13.7 Å². The van der Waals surface area contributed by atoms with Gasteiger partial charge >= 0.3 is 5.97 Å². The van der Waals surface area contributed by atoms with Gasteiger partial charge in [-0.1, -0.05) is 73.5 Å². The van der Waals surface area contributed by atoms with Crippen molar-refractivity contribution in [1.82, 2.24) is 10.2 Å². The third-order valence-corrected chi connectivity index (χ3v) is 9.32. The first-order valence-electron chi connectivity index (χ1n) is 16.0. The smallest absolute Gasteiger partial charge is 0.305 e. The first kappa shape index (κ1) is 33.1. The molecule has 3 aliphatic rings. The summed E-state index contributed by atoms with van der Waals surface area (Å²) in [7, 11) is 1.37. The summed E-state index contributed by atoms with van der Waals surface area (Å²) in [5.74, 6) is 0.826. The normalized spacial score (nSPS) is 25.6. The fraction of sp³-hybridized carbons (Fsp3) is 0.765. The maximum absolute atomic E-state index is 14.2. The van der Waals surface area contributed by atoms with Gasteiger partial charge in [0.1, 0.15) is 11.4 Å². The van der Waals surface area contributed by atoms with E-state index in [0.29, 0.717) is 24.8 Å². The van der Waals surface area contributed by atoms with Crippen molar-refractivity contribution in [3.05, 3.63) is 23.3 Å². The maximum atomic E-state index is 14.2. The molecule has 1 heterocycles. The van der Waals surface area contributed by atoms with Gasteiger partial charge in [0, 0.05) is 18.5 Å². The van der Waals surface area contributed by atoms with E-state index in [1.54, 1.807) is 0 Å². The molecule has 2 aliphatic carbocycles. The maximum Gasteiger partial charge on any atom is 0.305 e. The van der Waals surface area contributed by atoms with Crippen LogP contribution < -0.4 is 5.32 Å². The lowest BCUT2D eigenvalue weighted by atomic mass is 9.69. The Morgan fingerprint density at radius 2 is 1.85 bits per heavy atom. The molecule has 0 aromatic heterocycles. The molecule has 2 amide bonds. The van der Waals surface area contributed by atoms with Crippen LogP contribution in [0.2, 0.25) is 0 Å². The summed E-state index contributed by atoms with van der Waals surface area (Å²) in [6.07, 6.45) is 13.4. The number of nitrogens with zero attached hydrogens (tertiary/aromatic N) is 2. The minimum atomic E-state index is -0.452. The van der Waals surface area contributed by atoms with E-state index in [2.05, 4.69) is 69.5 Å². The van der Waals surface area contributed by atoms with Crippen molar-refractivity contribution in [2.45, 2.75) is 131 Å². The van der Waals surface area contributed by atoms with Crippen molar-refractivity contribution in [3.8, 4) is 0 Å². The highest BCUT2D eigenvalue weighted by Gasteiger charge is 2.52. The van der Waals surface area contributed by atoms with Crippen molar-refractivity contribution >= 4 is 23.5 Å². The number of esters is 1. The van der Waals surface area contributed by atoms with Crippen molar-refractivity contribution in [2.24, 2.45) is 28.2 Å². The van der Waals surface area contributed by atoms with Gasteiger partial charge in [-0.25, -0.2) is 0 Å². The number of methoxy groups -OCH3 is 1. The standard InChI is InChI=1S/C34H55N3O4/c1-9-10-12-29(25-14-15-27(24(4)22-25)31(39)35-20-11-13-30(38)41-8)37-32(40)28(21-23(2)3)36-34(37)18-16-26(17-19-34)33(5,6)7/h14-15,23-24,26,29H,9-13,16-22H2,1-8H3,(H,35,39)/t24-,26?,29-,34?/m1/s1. The van der Waals surface area contributed by atoms with Gasteiger partial charge in [-0.05, 0) is 80.1 Å². The number of rotatable bonds is 12. The molecular formula is C34H55N3O4. The van der Waals surface area contributed by atoms with Crippen LogP contribution >= 0.6 is 0 Å². The third-order valence-electron chi connectivity index (χ3n) is 9.32. The molecule has 7 heteroatoms. The molecule has 0 radical (unpaired) electrons. The minimum Gasteiger partial charge on any atom is -0.469 e. The summed E-state index contributed by atoms with van der Waals surface area (Å²) in [6.45, 7) is 16.1. The molecular weight excluding hydrogens is 514 g/mol. The second kappa shape index (κ2) is 14.2. The molecule has 0 aromatic rings. The van der Waals surface area contributed by atoms with Gasteiger partial charge in [0.2, 0.25) is 5.91 Å². The van der Waals surface area contributed by atoms with Gasteiger partial charge < -0.3 is 15.0 Å². The Hall–Kier alpha value is -2.44.